The summed E-state index contributed by atoms with van der Waals surface area (Å²) in [5.74, 6) is 1.62. The Morgan fingerprint density at radius 3 is 3.00 bits per heavy atom. The van der Waals surface area contributed by atoms with E-state index >= 15 is 0 Å². The van der Waals surface area contributed by atoms with Crippen LogP contribution in [0.2, 0.25) is 0 Å². The highest BCUT2D eigenvalue weighted by Crippen LogP contribution is 2.33. The second-order valence-corrected chi connectivity index (χ2v) is 4.04. The molecule has 1 aromatic heterocycles. The van der Waals surface area contributed by atoms with Gasteiger partial charge in [-0.25, -0.2) is 0 Å². The summed E-state index contributed by atoms with van der Waals surface area (Å²) in [5.41, 5.74) is 0. The largest absolute Gasteiger partial charge is 0.407 e. The first-order valence-corrected chi connectivity index (χ1v) is 5.59. The molecule has 5 nitrogen and oxygen atoms in total. The molecule has 0 spiro atoms. The molecule has 1 aromatic rings. The van der Waals surface area contributed by atoms with Gasteiger partial charge in [-0.15, -0.1) is 5.10 Å². The summed E-state index contributed by atoms with van der Waals surface area (Å²) in [6, 6.07) is 0.538. The molecule has 1 saturated carbocycles. The molecule has 0 radical (unpaired) electrons. The third-order valence-corrected chi connectivity index (χ3v) is 2.56. The first-order valence-electron chi connectivity index (χ1n) is 5.59. The Morgan fingerprint density at radius 2 is 2.27 bits per heavy atom. The zero-order valence-corrected chi connectivity index (χ0v) is 9.12. The summed E-state index contributed by atoms with van der Waals surface area (Å²) < 4.78 is 5.35. The second-order valence-electron chi connectivity index (χ2n) is 4.04. The van der Waals surface area contributed by atoms with Crippen LogP contribution in [0, 0.1) is 5.92 Å². The van der Waals surface area contributed by atoms with Gasteiger partial charge in [-0.1, -0.05) is 17.9 Å². The van der Waals surface area contributed by atoms with Crippen LogP contribution < -0.4 is 10.6 Å². The van der Waals surface area contributed by atoms with Crippen molar-refractivity contribution in [1.82, 2.24) is 15.5 Å². The van der Waals surface area contributed by atoms with Crippen molar-refractivity contribution in [3.05, 3.63) is 5.89 Å². The highest BCUT2D eigenvalue weighted by atomic mass is 16.4. The van der Waals surface area contributed by atoms with Gasteiger partial charge in [0, 0.05) is 6.54 Å². The van der Waals surface area contributed by atoms with E-state index < -0.39 is 0 Å². The van der Waals surface area contributed by atoms with Crippen molar-refractivity contribution in [2.45, 2.75) is 32.2 Å². The Bertz CT molecular complexity index is 295. The minimum Gasteiger partial charge on any atom is -0.407 e. The Morgan fingerprint density at radius 1 is 1.40 bits per heavy atom. The van der Waals surface area contributed by atoms with E-state index in [0.717, 1.165) is 12.5 Å². The minimum atomic E-state index is 0.538. The van der Waals surface area contributed by atoms with Crippen LogP contribution in [0.25, 0.3) is 0 Å². The van der Waals surface area contributed by atoms with Gasteiger partial charge in [-0.2, -0.15) is 0 Å². The van der Waals surface area contributed by atoms with Crippen molar-refractivity contribution in [2.24, 2.45) is 5.92 Å². The first-order chi connectivity index (χ1) is 7.38. The Labute approximate surface area is 89.6 Å². The molecule has 0 saturated heterocycles. The minimum absolute atomic E-state index is 0.538. The molecule has 1 fully saturated rings. The normalized spacial score (nSPS) is 15.5. The number of nitrogens with one attached hydrogen (secondary N) is 2. The van der Waals surface area contributed by atoms with E-state index in [9.17, 15) is 0 Å². The maximum absolute atomic E-state index is 5.35. The number of aromatic nitrogens is 2. The van der Waals surface area contributed by atoms with Crippen molar-refractivity contribution in [1.29, 1.82) is 0 Å². The van der Waals surface area contributed by atoms with Gasteiger partial charge in [0.15, 0.2) is 0 Å². The van der Waals surface area contributed by atoms with Crippen LogP contribution in [0.3, 0.4) is 0 Å². The standard InChI is InChI=1S/C10H18N4O/c1-11-7-9-13-14-10(15-9)12-6-2-3-8-4-5-8/h8,11H,2-7H2,1H3,(H,12,14). The summed E-state index contributed by atoms with van der Waals surface area (Å²) in [4.78, 5) is 0. The number of rotatable bonds is 7. The van der Waals surface area contributed by atoms with Gasteiger partial charge in [0.1, 0.15) is 0 Å². The van der Waals surface area contributed by atoms with Gasteiger partial charge in [0.2, 0.25) is 5.89 Å². The lowest BCUT2D eigenvalue weighted by atomic mass is 10.2. The third kappa shape index (κ3) is 3.51. The van der Waals surface area contributed by atoms with Crippen LogP contribution in [-0.2, 0) is 6.54 Å². The van der Waals surface area contributed by atoms with Gasteiger partial charge < -0.3 is 15.1 Å². The van der Waals surface area contributed by atoms with E-state index in [-0.39, 0.29) is 0 Å². The van der Waals surface area contributed by atoms with Crippen LogP contribution in [0.15, 0.2) is 4.42 Å². The fraction of sp³-hybridized carbons (Fsp3) is 0.800. The maximum atomic E-state index is 5.35. The van der Waals surface area contributed by atoms with Crippen molar-refractivity contribution < 1.29 is 4.42 Å². The zero-order chi connectivity index (χ0) is 10.5. The Balaban J connectivity index is 1.63. The van der Waals surface area contributed by atoms with Gasteiger partial charge in [0.25, 0.3) is 0 Å². The van der Waals surface area contributed by atoms with E-state index in [4.69, 9.17) is 4.42 Å². The highest BCUT2D eigenvalue weighted by molar-refractivity contribution is 5.16. The summed E-state index contributed by atoms with van der Waals surface area (Å²) in [6.45, 7) is 1.55. The smallest absolute Gasteiger partial charge is 0.315 e. The first kappa shape index (κ1) is 10.4. The molecule has 1 aliphatic rings. The van der Waals surface area contributed by atoms with Gasteiger partial charge in [0.05, 0.1) is 6.54 Å². The Kier molecular flexibility index (Phi) is 3.55. The molecule has 2 N–H and O–H groups in total. The van der Waals surface area contributed by atoms with Crippen LogP contribution >= 0.6 is 0 Å². The quantitative estimate of drug-likeness (QED) is 0.666. The predicted octanol–water partition coefficient (Wildman–Crippen LogP) is 1.39. The van der Waals surface area contributed by atoms with E-state index in [0.29, 0.717) is 18.5 Å². The summed E-state index contributed by atoms with van der Waals surface area (Å²) in [7, 11) is 1.85. The maximum Gasteiger partial charge on any atom is 0.315 e. The lowest BCUT2D eigenvalue weighted by Crippen LogP contribution is -2.05. The SMILES string of the molecule is CNCc1nnc(NCCCC2CC2)o1. The van der Waals surface area contributed by atoms with Crippen molar-refractivity contribution >= 4 is 6.01 Å². The second kappa shape index (κ2) is 5.11. The van der Waals surface area contributed by atoms with Gasteiger partial charge in [-0.3, -0.25) is 0 Å². The van der Waals surface area contributed by atoms with Crippen LogP contribution in [0.5, 0.6) is 0 Å². The molecule has 84 valence electrons. The topological polar surface area (TPSA) is 63.0 Å². The van der Waals surface area contributed by atoms with Crippen LogP contribution in [-0.4, -0.2) is 23.8 Å². The van der Waals surface area contributed by atoms with E-state index in [1.165, 1.54) is 25.7 Å². The van der Waals surface area contributed by atoms with Crippen molar-refractivity contribution in [2.75, 3.05) is 18.9 Å². The molecule has 0 amide bonds. The predicted molar refractivity (Wildman–Crippen MR) is 57.5 cm³/mol. The fourth-order valence-corrected chi connectivity index (χ4v) is 1.54. The lowest BCUT2D eigenvalue weighted by Gasteiger charge is -1.99. The molecule has 5 heteroatoms. The zero-order valence-electron chi connectivity index (χ0n) is 9.12. The number of hydrogen-bond acceptors (Lipinski definition) is 5. The van der Waals surface area contributed by atoms with Crippen molar-refractivity contribution in [3.8, 4) is 0 Å². The molecule has 0 aromatic carbocycles. The number of nitrogens with zero attached hydrogens (tertiary/aromatic N) is 2. The van der Waals surface area contributed by atoms with Gasteiger partial charge in [-0.05, 0) is 25.8 Å². The van der Waals surface area contributed by atoms with Crippen molar-refractivity contribution in [3.63, 3.8) is 0 Å². The summed E-state index contributed by atoms with van der Waals surface area (Å²) >= 11 is 0. The molecule has 1 aliphatic carbocycles. The van der Waals surface area contributed by atoms with E-state index in [1.807, 2.05) is 7.05 Å². The van der Waals surface area contributed by atoms with E-state index in [1.54, 1.807) is 0 Å². The summed E-state index contributed by atoms with van der Waals surface area (Å²) in [5, 5.41) is 13.9. The Hall–Kier alpha value is -1.10. The molecular weight excluding hydrogens is 192 g/mol. The molecule has 15 heavy (non-hydrogen) atoms. The highest BCUT2D eigenvalue weighted by Gasteiger charge is 2.20. The van der Waals surface area contributed by atoms with Gasteiger partial charge >= 0.3 is 6.01 Å². The average Bonchev–Trinajstić information content (AvgIpc) is 2.95. The lowest BCUT2D eigenvalue weighted by molar-refractivity contribution is 0.488. The summed E-state index contributed by atoms with van der Waals surface area (Å²) in [6.07, 6.45) is 5.36. The van der Waals surface area contributed by atoms with Crippen LogP contribution in [0.1, 0.15) is 31.6 Å². The third-order valence-electron chi connectivity index (χ3n) is 2.56. The molecule has 2 rings (SSSR count). The van der Waals surface area contributed by atoms with Crippen LogP contribution in [0.4, 0.5) is 6.01 Å². The molecular formula is C10H18N4O. The molecule has 0 unspecified atom stereocenters. The average molecular weight is 210 g/mol. The monoisotopic (exact) mass is 210 g/mol. The van der Waals surface area contributed by atoms with E-state index in [2.05, 4.69) is 20.8 Å². The molecule has 0 bridgehead atoms. The number of anilines is 1. The molecule has 1 heterocycles. The fourth-order valence-electron chi connectivity index (χ4n) is 1.54. The molecule has 0 atom stereocenters. The molecule has 0 aliphatic heterocycles. The number of hydrogen-bond donors (Lipinski definition) is 2.